The number of nitro benzene ring substituents is 1. The molecule has 194 valence electrons. The van der Waals surface area contributed by atoms with Crippen LogP contribution in [0.1, 0.15) is 30.9 Å². The SMILES string of the molecule is C[C@@H]1ON(C2(C(=O)OCc3ccc([N+](=O)[O-])cc3)CCC(=O)O2)C(=O)[C@H]1NC(=O)OCc1ccccc1. The number of rotatable bonds is 8. The van der Waals surface area contributed by atoms with Gasteiger partial charge < -0.3 is 19.5 Å². The number of esters is 2. The minimum absolute atomic E-state index is 0.0247. The maximum Gasteiger partial charge on any atom is 0.408 e. The largest absolute Gasteiger partial charge is 0.456 e. The third kappa shape index (κ3) is 5.51. The van der Waals surface area contributed by atoms with E-state index in [9.17, 15) is 29.3 Å². The van der Waals surface area contributed by atoms with Crippen molar-refractivity contribution in [3.05, 3.63) is 75.8 Å². The molecule has 13 heteroatoms. The van der Waals surface area contributed by atoms with Gasteiger partial charge in [0.1, 0.15) is 25.4 Å². The molecule has 0 spiro atoms. The number of carbonyl (C=O) groups excluding carboxylic acids is 4. The summed E-state index contributed by atoms with van der Waals surface area (Å²) in [5.41, 5.74) is -1.15. The Morgan fingerprint density at radius 3 is 2.35 bits per heavy atom. The lowest BCUT2D eigenvalue weighted by Crippen LogP contribution is -2.57. The second-order valence-electron chi connectivity index (χ2n) is 8.39. The van der Waals surface area contributed by atoms with E-state index in [0.717, 1.165) is 5.56 Å². The summed E-state index contributed by atoms with van der Waals surface area (Å²) in [6, 6.07) is 13.0. The number of alkyl carbamates (subject to hydrolysis) is 1. The predicted molar refractivity (Wildman–Crippen MR) is 122 cm³/mol. The van der Waals surface area contributed by atoms with Gasteiger partial charge in [0, 0.05) is 18.6 Å². The van der Waals surface area contributed by atoms with E-state index in [0.29, 0.717) is 10.6 Å². The molecule has 2 amide bonds. The number of nitrogens with one attached hydrogen (secondary N) is 1. The van der Waals surface area contributed by atoms with Crippen LogP contribution in [0, 0.1) is 10.1 Å². The maximum atomic E-state index is 13.2. The van der Waals surface area contributed by atoms with Crippen molar-refractivity contribution in [1.29, 1.82) is 0 Å². The highest BCUT2D eigenvalue weighted by atomic mass is 16.8. The third-order valence-corrected chi connectivity index (χ3v) is 5.81. The lowest BCUT2D eigenvalue weighted by molar-refractivity contribution is -0.384. The molecule has 2 heterocycles. The number of hydroxylamine groups is 2. The fourth-order valence-corrected chi connectivity index (χ4v) is 3.85. The van der Waals surface area contributed by atoms with E-state index in [1.165, 1.54) is 31.2 Å². The number of hydrogen-bond donors (Lipinski definition) is 1. The first-order valence-electron chi connectivity index (χ1n) is 11.3. The molecule has 4 rings (SSSR count). The Kier molecular flexibility index (Phi) is 7.34. The van der Waals surface area contributed by atoms with Gasteiger partial charge in [0.2, 0.25) is 0 Å². The monoisotopic (exact) mass is 513 g/mol. The van der Waals surface area contributed by atoms with E-state index in [1.54, 1.807) is 24.3 Å². The number of benzene rings is 2. The van der Waals surface area contributed by atoms with Crippen molar-refractivity contribution in [2.75, 3.05) is 0 Å². The second kappa shape index (κ2) is 10.6. The van der Waals surface area contributed by atoms with Crippen molar-refractivity contribution >= 4 is 29.6 Å². The molecule has 0 aromatic heterocycles. The summed E-state index contributed by atoms with van der Waals surface area (Å²) in [6.07, 6.45) is -2.20. The van der Waals surface area contributed by atoms with E-state index >= 15 is 0 Å². The molecule has 2 fully saturated rings. The van der Waals surface area contributed by atoms with Crippen LogP contribution in [0.3, 0.4) is 0 Å². The molecule has 0 radical (unpaired) electrons. The molecular weight excluding hydrogens is 490 g/mol. The predicted octanol–water partition coefficient (Wildman–Crippen LogP) is 2.13. The first kappa shape index (κ1) is 25.6. The number of hydrogen-bond acceptors (Lipinski definition) is 10. The summed E-state index contributed by atoms with van der Waals surface area (Å²) < 4.78 is 15.7. The quantitative estimate of drug-likeness (QED) is 0.239. The molecule has 0 saturated carbocycles. The van der Waals surface area contributed by atoms with Crippen LogP contribution in [0.5, 0.6) is 0 Å². The molecule has 1 unspecified atom stereocenters. The van der Waals surface area contributed by atoms with Gasteiger partial charge in [0.15, 0.2) is 0 Å². The van der Waals surface area contributed by atoms with Gasteiger partial charge in [-0.1, -0.05) is 30.3 Å². The van der Waals surface area contributed by atoms with Crippen LogP contribution < -0.4 is 5.32 Å². The van der Waals surface area contributed by atoms with Crippen molar-refractivity contribution in [2.24, 2.45) is 0 Å². The Labute approximate surface area is 210 Å². The van der Waals surface area contributed by atoms with Crippen molar-refractivity contribution in [3.63, 3.8) is 0 Å². The highest BCUT2D eigenvalue weighted by Gasteiger charge is 2.61. The van der Waals surface area contributed by atoms with Crippen LogP contribution in [-0.2, 0) is 46.6 Å². The number of carbonyl (C=O) groups is 4. The van der Waals surface area contributed by atoms with Gasteiger partial charge in [-0.05, 0) is 30.2 Å². The molecule has 2 aromatic rings. The Balaban J connectivity index is 1.42. The number of ether oxygens (including phenoxy) is 3. The summed E-state index contributed by atoms with van der Waals surface area (Å²) in [7, 11) is 0. The van der Waals surface area contributed by atoms with E-state index < -0.39 is 46.7 Å². The fourth-order valence-electron chi connectivity index (χ4n) is 3.85. The van der Waals surface area contributed by atoms with Gasteiger partial charge >= 0.3 is 23.8 Å². The lowest BCUT2D eigenvalue weighted by atomic mass is 10.1. The van der Waals surface area contributed by atoms with E-state index in [2.05, 4.69) is 5.32 Å². The highest BCUT2D eigenvalue weighted by molar-refractivity contribution is 5.94. The molecule has 0 bridgehead atoms. The summed E-state index contributed by atoms with van der Waals surface area (Å²) >= 11 is 0. The summed E-state index contributed by atoms with van der Waals surface area (Å²) in [6.45, 7) is 1.16. The van der Waals surface area contributed by atoms with Gasteiger partial charge in [-0.3, -0.25) is 24.5 Å². The Hall–Kier alpha value is -4.52. The molecule has 3 atom stereocenters. The van der Waals surface area contributed by atoms with Crippen LogP contribution in [0.25, 0.3) is 0 Å². The topological polar surface area (TPSA) is 164 Å². The van der Waals surface area contributed by atoms with E-state index in [4.69, 9.17) is 19.0 Å². The normalized spacial score (nSPS) is 22.9. The number of cyclic esters (lactones) is 1. The molecule has 13 nitrogen and oxygen atoms in total. The van der Waals surface area contributed by atoms with E-state index in [-0.39, 0.29) is 31.7 Å². The Morgan fingerprint density at radius 1 is 1.08 bits per heavy atom. The van der Waals surface area contributed by atoms with Crippen LogP contribution >= 0.6 is 0 Å². The van der Waals surface area contributed by atoms with Crippen molar-refractivity contribution < 1.29 is 43.1 Å². The zero-order valence-electron chi connectivity index (χ0n) is 19.7. The molecule has 37 heavy (non-hydrogen) atoms. The average Bonchev–Trinajstić information content (AvgIpc) is 3.42. The Morgan fingerprint density at radius 2 is 1.73 bits per heavy atom. The van der Waals surface area contributed by atoms with Gasteiger partial charge in [0.05, 0.1) is 11.3 Å². The molecule has 1 N–H and O–H groups in total. The van der Waals surface area contributed by atoms with Gasteiger partial charge in [-0.25, -0.2) is 9.59 Å². The van der Waals surface area contributed by atoms with Gasteiger partial charge in [-0.2, -0.15) is 5.06 Å². The van der Waals surface area contributed by atoms with Crippen LogP contribution in [-0.4, -0.2) is 51.8 Å². The van der Waals surface area contributed by atoms with Crippen molar-refractivity contribution in [2.45, 2.75) is 50.8 Å². The number of amides is 2. The highest BCUT2D eigenvalue weighted by Crippen LogP contribution is 2.36. The molecule has 2 saturated heterocycles. The summed E-state index contributed by atoms with van der Waals surface area (Å²) in [5.74, 6) is -2.63. The smallest absolute Gasteiger partial charge is 0.408 e. The fraction of sp³-hybridized carbons (Fsp3) is 0.333. The van der Waals surface area contributed by atoms with Crippen LogP contribution in [0.4, 0.5) is 10.5 Å². The van der Waals surface area contributed by atoms with Gasteiger partial charge in [0.25, 0.3) is 11.6 Å². The van der Waals surface area contributed by atoms with E-state index in [1.807, 2.05) is 6.07 Å². The first-order valence-corrected chi connectivity index (χ1v) is 11.3. The summed E-state index contributed by atoms with van der Waals surface area (Å²) in [5, 5.41) is 13.9. The molecular formula is C24H23N3O10. The number of nitro groups is 1. The minimum atomic E-state index is -2.19. The Bertz CT molecular complexity index is 1200. The third-order valence-electron chi connectivity index (χ3n) is 5.81. The average molecular weight is 513 g/mol. The number of non-ortho nitro benzene ring substituents is 1. The molecule has 2 aliphatic heterocycles. The van der Waals surface area contributed by atoms with Gasteiger partial charge in [-0.15, -0.1) is 0 Å². The second-order valence-corrected chi connectivity index (χ2v) is 8.39. The maximum absolute atomic E-state index is 13.2. The summed E-state index contributed by atoms with van der Waals surface area (Å²) in [4.78, 5) is 66.4. The standard InChI is InChI=1S/C24H23N3O10/c1-15-20(25-23(31)35-14-16-5-3-2-4-6-16)21(29)26(37-15)24(12-11-19(28)36-24)22(30)34-13-17-7-9-18(10-8-17)27(32)33/h2-10,15,20H,11-14H2,1H3,(H,25,31)/t15-,20-,24?/m0/s1. The zero-order chi connectivity index (χ0) is 26.6. The first-order chi connectivity index (χ1) is 17.7. The lowest BCUT2D eigenvalue weighted by Gasteiger charge is -2.32. The molecule has 2 aromatic carbocycles. The van der Waals surface area contributed by atoms with Crippen molar-refractivity contribution in [3.8, 4) is 0 Å². The minimum Gasteiger partial charge on any atom is -0.456 e. The molecule has 2 aliphatic rings. The van der Waals surface area contributed by atoms with Crippen LogP contribution in [0.2, 0.25) is 0 Å². The molecule has 0 aliphatic carbocycles. The number of nitrogens with zero attached hydrogens (tertiary/aromatic N) is 2. The van der Waals surface area contributed by atoms with Crippen LogP contribution in [0.15, 0.2) is 54.6 Å². The zero-order valence-corrected chi connectivity index (χ0v) is 19.7. The van der Waals surface area contributed by atoms with Crippen molar-refractivity contribution in [1.82, 2.24) is 10.4 Å².